The van der Waals surface area contributed by atoms with Crippen LogP contribution in [0.15, 0.2) is 35.5 Å². The first-order chi connectivity index (χ1) is 12.1. The number of carbonyl (C=O) groups is 2. The van der Waals surface area contributed by atoms with Gasteiger partial charge in [0.05, 0.1) is 12.5 Å². The molecule has 25 heavy (non-hydrogen) atoms. The van der Waals surface area contributed by atoms with Gasteiger partial charge in [-0.15, -0.1) is 0 Å². The standard InChI is InChI=1S/C18H24N4O3/c19-17(23)16-9-15(25-21-16)10-20-18(24)14-7-4-8-22(12-14)11-13-5-2-1-3-6-13/h1-3,5-6,14-15H,4,7-12H2,(H2,19,23)(H,20,24)/t14-,15+/m0/s1. The second-order valence-electron chi connectivity index (χ2n) is 6.64. The lowest BCUT2D eigenvalue weighted by molar-refractivity contribution is -0.127. The molecule has 0 aliphatic carbocycles. The van der Waals surface area contributed by atoms with Gasteiger partial charge in [0.25, 0.3) is 5.91 Å². The van der Waals surface area contributed by atoms with Crippen molar-refractivity contribution in [2.75, 3.05) is 19.6 Å². The van der Waals surface area contributed by atoms with Crippen LogP contribution in [0.2, 0.25) is 0 Å². The highest BCUT2D eigenvalue weighted by atomic mass is 16.6. The number of likely N-dealkylation sites (tertiary alicyclic amines) is 1. The first-order valence-electron chi connectivity index (χ1n) is 8.68. The number of primary amides is 1. The summed E-state index contributed by atoms with van der Waals surface area (Å²) in [5, 5.41) is 6.57. The van der Waals surface area contributed by atoms with Crippen molar-refractivity contribution >= 4 is 17.5 Å². The molecule has 0 unspecified atom stereocenters. The molecule has 3 rings (SSSR count). The second-order valence-corrected chi connectivity index (χ2v) is 6.64. The van der Waals surface area contributed by atoms with E-state index >= 15 is 0 Å². The average Bonchev–Trinajstić information content (AvgIpc) is 3.10. The molecule has 0 radical (unpaired) electrons. The monoisotopic (exact) mass is 344 g/mol. The lowest BCUT2D eigenvalue weighted by Gasteiger charge is -2.32. The van der Waals surface area contributed by atoms with Crippen molar-refractivity contribution in [2.24, 2.45) is 16.8 Å². The van der Waals surface area contributed by atoms with Crippen LogP contribution in [0.1, 0.15) is 24.8 Å². The van der Waals surface area contributed by atoms with E-state index in [1.54, 1.807) is 0 Å². The van der Waals surface area contributed by atoms with Crippen molar-refractivity contribution in [1.29, 1.82) is 0 Å². The topological polar surface area (TPSA) is 97.0 Å². The van der Waals surface area contributed by atoms with Gasteiger partial charge in [-0.05, 0) is 24.9 Å². The highest BCUT2D eigenvalue weighted by Crippen LogP contribution is 2.19. The Bertz CT molecular complexity index is 647. The molecule has 7 heteroatoms. The van der Waals surface area contributed by atoms with Gasteiger partial charge in [0.1, 0.15) is 5.71 Å². The van der Waals surface area contributed by atoms with E-state index < -0.39 is 5.91 Å². The summed E-state index contributed by atoms with van der Waals surface area (Å²) in [6, 6.07) is 10.3. The Morgan fingerprint density at radius 1 is 1.32 bits per heavy atom. The lowest BCUT2D eigenvalue weighted by atomic mass is 9.96. The molecule has 0 bridgehead atoms. The van der Waals surface area contributed by atoms with Gasteiger partial charge in [-0.3, -0.25) is 14.5 Å². The van der Waals surface area contributed by atoms with Crippen LogP contribution in [-0.4, -0.2) is 48.2 Å². The van der Waals surface area contributed by atoms with Gasteiger partial charge in [-0.25, -0.2) is 0 Å². The zero-order valence-corrected chi connectivity index (χ0v) is 14.2. The van der Waals surface area contributed by atoms with Crippen molar-refractivity contribution in [3.63, 3.8) is 0 Å². The van der Waals surface area contributed by atoms with Crippen LogP contribution in [0.3, 0.4) is 0 Å². The number of nitrogens with zero attached hydrogens (tertiary/aromatic N) is 2. The maximum Gasteiger partial charge on any atom is 0.266 e. The van der Waals surface area contributed by atoms with Crippen molar-refractivity contribution < 1.29 is 14.4 Å². The summed E-state index contributed by atoms with van der Waals surface area (Å²) in [5.74, 6) is -0.554. The van der Waals surface area contributed by atoms with Crippen LogP contribution in [0.25, 0.3) is 0 Å². The fourth-order valence-electron chi connectivity index (χ4n) is 3.30. The molecule has 0 saturated carbocycles. The third-order valence-corrected chi connectivity index (χ3v) is 4.65. The number of nitrogens with one attached hydrogen (secondary N) is 1. The van der Waals surface area contributed by atoms with E-state index in [1.807, 2.05) is 18.2 Å². The third-order valence-electron chi connectivity index (χ3n) is 4.65. The summed E-state index contributed by atoms with van der Waals surface area (Å²) in [5.41, 5.74) is 6.66. The summed E-state index contributed by atoms with van der Waals surface area (Å²) in [4.78, 5) is 30.9. The molecule has 134 valence electrons. The number of piperidine rings is 1. The fourth-order valence-corrected chi connectivity index (χ4v) is 3.30. The SMILES string of the molecule is NC(=O)C1=NO[C@@H](CNC(=O)[C@H]2CCCN(Cc3ccccc3)C2)C1. The number of amides is 2. The van der Waals surface area contributed by atoms with Crippen molar-refractivity contribution in [1.82, 2.24) is 10.2 Å². The van der Waals surface area contributed by atoms with Gasteiger partial charge < -0.3 is 15.9 Å². The molecule has 3 N–H and O–H groups in total. The predicted octanol–water partition coefficient (Wildman–Crippen LogP) is 0.645. The summed E-state index contributed by atoms with van der Waals surface area (Å²) >= 11 is 0. The minimum absolute atomic E-state index is 0.0182. The molecule has 1 aromatic carbocycles. The lowest BCUT2D eigenvalue weighted by Crippen LogP contribution is -2.44. The summed E-state index contributed by atoms with van der Waals surface area (Å²) in [7, 11) is 0. The molecule has 1 fully saturated rings. The number of hydrogen-bond acceptors (Lipinski definition) is 5. The molecule has 2 amide bonds. The van der Waals surface area contributed by atoms with Crippen LogP contribution in [0.4, 0.5) is 0 Å². The van der Waals surface area contributed by atoms with E-state index in [0.717, 1.165) is 32.5 Å². The number of hydrogen-bond donors (Lipinski definition) is 2. The third kappa shape index (κ3) is 4.79. The van der Waals surface area contributed by atoms with E-state index in [0.29, 0.717) is 13.0 Å². The quantitative estimate of drug-likeness (QED) is 0.791. The van der Waals surface area contributed by atoms with Gasteiger partial charge in [0.15, 0.2) is 6.10 Å². The van der Waals surface area contributed by atoms with E-state index in [1.165, 1.54) is 5.56 Å². The van der Waals surface area contributed by atoms with Crippen LogP contribution in [0, 0.1) is 5.92 Å². The van der Waals surface area contributed by atoms with Crippen LogP contribution in [0.5, 0.6) is 0 Å². The van der Waals surface area contributed by atoms with E-state index in [-0.39, 0.29) is 23.6 Å². The Morgan fingerprint density at radius 3 is 2.84 bits per heavy atom. The molecular formula is C18H24N4O3. The number of oxime groups is 1. The molecule has 2 atom stereocenters. The number of benzene rings is 1. The molecule has 1 saturated heterocycles. The van der Waals surface area contributed by atoms with Gasteiger partial charge in [-0.2, -0.15) is 0 Å². The van der Waals surface area contributed by atoms with E-state index in [9.17, 15) is 9.59 Å². The largest absolute Gasteiger partial charge is 0.390 e. The molecule has 1 aromatic rings. The minimum Gasteiger partial charge on any atom is -0.390 e. The van der Waals surface area contributed by atoms with Crippen LogP contribution >= 0.6 is 0 Å². The molecule has 2 heterocycles. The van der Waals surface area contributed by atoms with E-state index in [4.69, 9.17) is 10.6 Å². The summed E-state index contributed by atoms with van der Waals surface area (Å²) in [6.45, 7) is 2.98. The van der Waals surface area contributed by atoms with Crippen molar-refractivity contribution in [3.05, 3.63) is 35.9 Å². The Hall–Kier alpha value is -2.41. The Kier molecular flexibility index (Phi) is 5.65. The van der Waals surface area contributed by atoms with Crippen LogP contribution < -0.4 is 11.1 Å². The highest BCUT2D eigenvalue weighted by Gasteiger charge is 2.28. The van der Waals surface area contributed by atoms with Gasteiger partial charge >= 0.3 is 0 Å². The highest BCUT2D eigenvalue weighted by molar-refractivity contribution is 6.38. The van der Waals surface area contributed by atoms with Gasteiger partial charge in [-0.1, -0.05) is 35.5 Å². The first-order valence-corrected chi connectivity index (χ1v) is 8.68. The van der Waals surface area contributed by atoms with Crippen molar-refractivity contribution in [2.45, 2.75) is 31.9 Å². The fraction of sp³-hybridized carbons (Fsp3) is 0.500. The van der Waals surface area contributed by atoms with E-state index in [2.05, 4.69) is 27.5 Å². The Balaban J connectivity index is 1.44. The minimum atomic E-state index is -0.572. The van der Waals surface area contributed by atoms with Crippen LogP contribution in [-0.2, 0) is 21.0 Å². The summed E-state index contributed by atoms with van der Waals surface area (Å²) < 4.78 is 0. The predicted molar refractivity (Wildman–Crippen MR) is 93.6 cm³/mol. The molecule has 0 spiro atoms. The van der Waals surface area contributed by atoms with Crippen molar-refractivity contribution in [3.8, 4) is 0 Å². The number of carbonyl (C=O) groups excluding carboxylic acids is 2. The average molecular weight is 344 g/mol. The summed E-state index contributed by atoms with van der Waals surface area (Å²) in [6.07, 6.45) is 1.95. The Morgan fingerprint density at radius 2 is 2.12 bits per heavy atom. The molecule has 0 aromatic heterocycles. The molecule has 2 aliphatic rings. The smallest absolute Gasteiger partial charge is 0.266 e. The maximum absolute atomic E-state index is 12.4. The Labute approximate surface area is 147 Å². The second kappa shape index (κ2) is 8.11. The number of nitrogens with two attached hydrogens (primary N) is 1. The molecule has 7 nitrogen and oxygen atoms in total. The van der Waals surface area contributed by atoms with Gasteiger partial charge in [0, 0.05) is 19.5 Å². The van der Waals surface area contributed by atoms with Gasteiger partial charge in [0.2, 0.25) is 5.91 Å². The molecular weight excluding hydrogens is 320 g/mol. The zero-order valence-electron chi connectivity index (χ0n) is 14.2. The number of rotatable bonds is 6. The normalized spacial score (nSPS) is 23.6. The maximum atomic E-state index is 12.4. The molecule has 2 aliphatic heterocycles. The first kappa shape index (κ1) is 17.4. The zero-order chi connectivity index (χ0) is 17.6.